The highest BCUT2D eigenvalue weighted by molar-refractivity contribution is 5.83. The number of carboxylic acids is 1. The maximum Gasteiger partial charge on any atom is 0.305 e. The molecule has 0 radical (unpaired) electrons. The van der Waals surface area contributed by atoms with E-state index >= 15 is 0 Å². The number of aliphatic carboxylic acids is 1. The number of rotatable bonds is 6. The summed E-state index contributed by atoms with van der Waals surface area (Å²) in [5, 5.41) is 8.86. The van der Waals surface area contributed by atoms with E-state index in [4.69, 9.17) is 5.11 Å². The quantitative estimate of drug-likeness (QED) is 0.876. The van der Waals surface area contributed by atoms with Crippen molar-refractivity contribution in [3.8, 4) is 0 Å². The highest BCUT2D eigenvalue weighted by atomic mass is 19.2. The summed E-state index contributed by atoms with van der Waals surface area (Å²) in [5.74, 6) is -2.08. The third-order valence-electron chi connectivity index (χ3n) is 4.96. The first-order valence-corrected chi connectivity index (χ1v) is 7.92. The molecule has 1 N–H and O–H groups in total. The van der Waals surface area contributed by atoms with Gasteiger partial charge in [-0.05, 0) is 42.4 Å². The second-order valence-electron chi connectivity index (χ2n) is 6.44. The number of carboxylic acid groups (broad SMARTS) is 1. The van der Waals surface area contributed by atoms with Crippen molar-refractivity contribution in [2.24, 2.45) is 17.8 Å². The van der Waals surface area contributed by atoms with E-state index in [0.29, 0.717) is 17.4 Å². The lowest BCUT2D eigenvalue weighted by Crippen LogP contribution is -2.34. The molecule has 2 atom stereocenters. The molecule has 0 aliphatic heterocycles. The Bertz CT molecular complexity index is 624. The summed E-state index contributed by atoms with van der Waals surface area (Å²) in [7, 11) is 0. The topological polar surface area (TPSA) is 57.6 Å². The van der Waals surface area contributed by atoms with Crippen molar-refractivity contribution in [2.75, 3.05) is 6.54 Å². The normalized spacial score (nSPS) is 25.0. The number of amides is 1. The van der Waals surface area contributed by atoms with Crippen molar-refractivity contribution in [1.29, 1.82) is 0 Å². The number of benzene rings is 1. The van der Waals surface area contributed by atoms with Gasteiger partial charge in [0.1, 0.15) is 0 Å². The number of carbonyl (C=O) groups excluding carboxylic acids is 1. The average Bonchev–Trinajstić information content (AvgIpc) is 2.98. The molecular weight excluding hydrogens is 304 g/mol. The van der Waals surface area contributed by atoms with Crippen LogP contribution in [0.5, 0.6) is 0 Å². The number of hydrogen-bond donors (Lipinski definition) is 1. The smallest absolute Gasteiger partial charge is 0.305 e. The number of halogens is 2. The Morgan fingerprint density at radius 3 is 2.48 bits per heavy atom. The highest BCUT2D eigenvalue weighted by Gasteiger charge is 2.57. The summed E-state index contributed by atoms with van der Waals surface area (Å²) < 4.78 is 26.3. The SMILES string of the molecule is O=C(O)CCN(Cc1ccc(F)c(F)c1)C(=O)C1[C@@H]2CCC[C@@H]12. The maximum absolute atomic E-state index is 13.3. The Balaban J connectivity index is 1.71. The van der Waals surface area contributed by atoms with E-state index in [9.17, 15) is 18.4 Å². The lowest BCUT2D eigenvalue weighted by atomic mass is 10.1. The summed E-state index contributed by atoms with van der Waals surface area (Å²) in [6.45, 7) is 0.197. The molecule has 2 aliphatic rings. The predicted molar refractivity (Wildman–Crippen MR) is 78.3 cm³/mol. The molecule has 0 spiro atoms. The van der Waals surface area contributed by atoms with E-state index in [1.54, 1.807) is 0 Å². The van der Waals surface area contributed by atoms with Gasteiger partial charge in [0.25, 0.3) is 0 Å². The van der Waals surface area contributed by atoms with Crippen LogP contribution in [-0.2, 0) is 16.1 Å². The Morgan fingerprint density at radius 2 is 1.87 bits per heavy atom. The third-order valence-corrected chi connectivity index (χ3v) is 4.96. The second-order valence-corrected chi connectivity index (χ2v) is 6.44. The molecule has 0 aromatic heterocycles. The molecule has 2 aliphatic carbocycles. The summed E-state index contributed by atoms with van der Waals surface area (Å²) in [6, 6.07) is 3.51. The van der Waals surface area contributed by atoms with Crippen molar-refractivity contribution in [3.63, 3.8) is 0 Å². The van der Waals surface area contributed by atoms with Gasteiger partial charge in [-0.2, -0.15) is 0 Å². The van der Waals surface area contributed by atoms with Crippen LogP contribution in [0.3, 0.4) is 0 Å². The zero-order valence-electron chi connectivity index (χ0n) is 12.7. The predicted octanol–water partition coefficient (Wildman–Crippen LogP) is 2.81. The van der Waals surface area contributed by atoms with Crippen LogP contribution in [0, 0.1) is 29.4 Å². The van der Waals surface area contributed by atoms with Crippen LogP contribution in [0.4, 0.5) is 8.78 Å². The Labute approximate surface area is 133 Å². The fourth-order valence-electron chi connectivity index (χ4n) is 3.75. The van der Waals surface area contributed by atoms with Crippen molar-refractivity contribution >= 4 is 11.9 Å². The molecule has 3 rings (SSSR count). The number of fused-ring (bicyclic) bond motifs is 1. The fourth-order valence-corrected chi connectivity index (χ4v) is 3.75. The van der Waals surface area contributed by atoms with Gasteiger partial charge in [-0.1, -0.05) is 12.5 Å². The van der Waals surface area contributed by atoms with Gasteiger partial charge in [0.2, 0.25) is 5.91 Å². The van der Waals surface area contributed by atoms with Gasteiger partial charge in [0, 0.05) is 19.0 Å². The standard InChI is InChI=1S/C17H19F2NO3/c18-13-5-4-10(8-14(13)19)9-20(7-6-15(21)22)17(23)16-11-2-1-3-12(11)16/h4-5,8,11-12,16H,1-3,6-7,9H2,(H,21,22)/t11-,12-/m1/s1. The van der Waals surface area contributed by atoms with Crippen LogP contribution in [0.1, 0.15) is 31.2 Å². The van der Waals surface area contributed by atoms with Crippen LogP contribution in [0.15, 0.2) is 18.2 Å². The average molecular weight is 323 g/mol. The Hall–Kier alpha value is -1.98. The monoisotopic (exact) mass is 323 g/mol. The van der Waals surface area contributed by atoms with Crippen molar-refractivity contribution in [3.05, 3.63) is 35.4 Å². The van der Waals surface area contributed by atoms with Crippen molar-refractivity contribution < 1.29 is 23.5 Å². The molecule has 124 valence electrons. The molecule has 0 saturated heterocycles. The van der Waals surface area contributed by atoms with Crippen LogP contribution >= 0.6 is 0 Å². The lowest BCUT2D eigenvalue weighted by Gasteiger charge is -2.23. The third kappa shape index (κ3) is 3.35. The molecule has 0 bridgehead atoms. The van der Waals surface area contributed by atoms with E-state index in [0.717, 1.165) is 31.4 Å². The number of hydrogen-bond acceptors (Lipinski definition) is 2. The van der Waals surface area contributed by atoms with Crippen LogP contribution < -0.4 is 0 Å². The molecule has 2 saturated carbocycles. The second kappa shape index (κ2) is 6.26. The first-order valence-electron chi connectivity index (χ1n) is 7.92. The van der Waals surface area contributed by atoms with Crippen LogP contribution in [0.2, 0.25) is 0 Å². The molecule has 0 heterocycles. The summed E-state index contributed by atoms with van der Waals surface area (Å²) in [4.78, 5) is 24.9. The molecule has 0 unspecified atom stereocenters. The molecule has 1 aromatic rings. The maximum atomic E-state index is 13.3. The fraction of sp³-hybridized carbons (Fsp3) is 0.529. The first-order chi connectivity index (χ1) is 11.0. The number of nitrogens with zero attached hydrogens (tertiary/aromatic N) is 1. The molecule has 2 fully saturated rings. The lowest BCUT2D eigenvalue weighted by molar-refractivity contribution is -0.139. The minimum absolute atomic E-state index is 0.0113. The van der Waals surface area contributed by atoms with E-state index < -0.39 is 17.6 Å². The Morgan fingerprint density at radius 1 is 1.17 bits per heavy atom. The minimum Gasteiger partial charge on any atom is -0.481 e. The molecule has 1 amide bonds. The molecule has 23 heavy (non-hydrogen) atoms. The van der Waals surface area contributed by atoms with Crippen LogP contribution in [0.25, 0.3) is 0 Å². The minimum atomic E-state index is -0.982. The Kier molecular flexibility index (Phi) is 4.33. The van der Waals surface area contributed by atoms with Gasteiger partial charge >= 0.3 is 5.97 Å². The van der Waals surface area contributed by atoms with Crippen molar-refractivity contribution in [2.45, 2.75) is 32.2 Å². The molecule has 1 aromatic carbocycles. The van der Waals surface area contributed by atoms with E-state index in [1.807, 2.05) is 0 Å². The summed E-state index contributed by atoms with van der Waals surface area (Å²) >= 11 is 0. The number of carbonyl (C=O) groups is 2. The van der Waals surface area contributed by atoms with E-state index in [2.05, 4.69) is 0 Å². The largest absolute Gasteiger partial charge is 0.481 e. The van der Waals surface area contributed by atoms with Gasteiger partial charge in [0.15, 0.2) is 11.6 Å². The molecular formula is C17H19F2NO3. The van der Waals surface area contributed by atoms with Gasteiger partial charge in [-0.3, -0.25) is 9.59 Å². The first kappa shape index (κ1) is 15.9. The van der Waals surface area contributed by atoms with Crippen LogP contribution in [-0.4, -0.2) is 28.4 Å². The van der Waals surface area contributed by atoms with E-state index in [-0.39, 0.29) is 31.3 Å². The van der Waals surface area contributed by atoms with Gasteiger partial charge in [-0.15, -0.1) is 0 Å². The van der Waals surface area contributed by atoms with Gasteiger partial charge in [-0.25, -0.2) is 8.78 Å². The zero-order chi connectivity index (χ0) is 16.6. The van der Waals surface area contributed by atoms with E-state index in [1.165, 1.54) is 11.0 Å². The summed E-state index contributed by atoms with van der Waals surface area (Å²) in [5.41, 5.74) is 0.466. The molecule has 6 heteroatoms. The van der Waals surface area contributed by atoms with Crippen molar-refractivity contribution in [1.82, 2.24) is 4.90 Å². The van der Waals surface area contributed by atoms with Gasteiger partial charge in [0.05, 0.1) is 6.42 Å². The highest BCUT2D eigenvalue weighted by Crippen LogP contribution is 2.58. The zero-order valence-corrected chi connectivity index (χ0v) is 12.7. The molecule has 4 nitrogen and oxygen atoms in total. The summed E-state index contributed by atoms with van der Waals surface area (Å²) in [6.07, 6.45) is 3.10. The van der Waals surface area contributed by atoms with Gasteiger partial charge < -0.3 is 10.0 Å².